The van der Waals surface area contributed by atoms with Gasteiger partial charge in [0.2, 0.25) is 0 Å². The summed E-state index contributed by atoms with van der Waals surface area (Å²) in [5.74, 6) is 2.54. The van der Waals surface area contributed by atoms with Crippen molar-refractivity contribution in [3.63, 3.8) is 0 Å². The molecule has 0 bridgehead atoms. The fraction of sp³-hybridized carbons (Fsp3) is 0.842. The van der Waals surface area contributed by atoms with E-state index in [9.17, 15) is 0 Å². The van der Waals surface area contributed by atoms with Gasteiger partial charge in [0.1, 0.15) is 5.82 Å². The molecule has 8 heteroatoms. The number of aryl methyl sites for hydroxylation is 1. The van der Waals surface area contributed by atoms with Gasteiger partial charge in [0.05, 0.1) is 0 Å². The van der Waals surface area contributed by atoms with Crippen LogP contribution in [0.4, 0.5) is 0 Å². The fourth-order valence-electron chi connectivity index (χ4n) is 2.65. The Morgan fingerprint density at radius 3 is 2.67 bits per heavy atom. The van der Waals surface area contributed by atoms with Crippen LogP contribution in [0.2, 0.25) is 0 Å². The molecule has 0 aliphatic carbocycles. The maximum Gasteiger partial charge on any atom is 0.191 e. The Balaban J connectivity index is 2.42. The molecule has 1 rings (SSSR count). The minimum absolute atomic E-state index is 0.580. The third-order valence-corrected chi connectivity index (χ3v) is 4.58. The summed E-state index contributed by atoms with van der Waals surface area (Å²) in [5, 5.41) is 16.4. The molecule has 0 fully saturated rings. The third kappa shape index (κ3) is 10.0. The zero-order valence-corrected chi connectivity index (χ0v) is 18.6. The van der Waals surface area contributed by atoms with E-state index in [4.69, 9.17) is 4.74 Å². The molecule has 1 aromatic heterocycles. The molecule has 0 radical (unpaired) electrons. The van der Waals surface area contributed by atoms with Crippen molar-refractivity contribution >= 4 is 17.7 Å². The van der Waals surface area contributed by atoms with Crippen molar-refractivity contribution in [1.82, 2.24) is 25.4 Å². The van der Waals surface area contributed by atoms with Gasteiger partial charge < -0.3 is 19.9 Å². The van der Waals surface area contributed by atoms with Gasteiger partial charge in [-0.2, -0.15) is 0 Å². The van der Waals surface area contributed by atoms with Gasteiger partial charge in [0, 0.05) is 45.8 Å². The first-order valence-corrected chi connectivity index (χ1v) is 11.4. The van der Waals surface area contributed by atoms with Crippen LogP contribution in [0.25, 0.3) is 0 Å². The molecule has 7 nitrogen and oxygen atoms in total. The van der Waals surface area contributed by atoms with Crippen LogP contribution in [0.1, 0.15) is 52.8 Å². The first kappa shape index (κ1) is 23.8. The lowest BCUT2D eigenvalue weighted by molar-refractivity contribution is 0.143. The summed E-state index contributed by atoms with van der Waals surface area (Å²) in [6, 6.07) is 0. The summed E-state index contributed by atoms with van der Waals surface area (Å²) in [5.41, 5.74) is 0. The highest BCUT2D eigenvalue weighted by Gasteiger charge is 2.12. The number of hydrogen-bond acceptors (Lipinski definition) is 5. The summed E-state index contributed by atoms with van der Waals surface area (Å²) in [6.45, 7) is 13.7. The van der Waals surface area contributed by atoms with Gasteiger partial charge in [-0.05, 0) is 45.3 Å². The minimum Gasteiger partial charge on any atom is -0.382 e. The molecule has 0 atom stereocenters. The van der Waals surface area contributed by atoms with Gasteiger partial charge >= 0.3 is 0 Å². The summed E-state index contributed by atoms with van der Waals surface area (Å²) in [7, 11) is 0. The van der Waals surface area contributed by atoms with Crippen molar-refractivity contribution < 1.29 is 4.74 Å². The summed E-state index contributed by atoms with van der Waals surface area (Å²) in [4.78, 5) is 4.68. The lowest BCUT2D eigenvalue weighted by Crippen LogP contribution is -2.38. The van der Waals surface area contributed by atoms with Gasteiger partial charge in [0.25, 0.3) is 0 Å². The van der Waals surface area contributed by atoms with Gasteiger partial charge in [-0.25, -0.2) is 0 Å². The topological polar surface area (TPSA) is 76.4 Å². The molecule has 0 unspecified atom stereocenters. The minimum atomic E-state index is 0.580. The first-order valence-electron chi connectivity index (χ1n) is 10.2. The van der Waals surface area contributed by atoms with E-state index in [1.807, 2.05) is 6.92 Å². The van der Waals surface area contributed by atoms with Crippen LogP contribution in [-0.4, -0.2) is 59.8 Å². The zero-order valence-electron chi connectivity index (χ0n) is 17.8. The van der Waals surface area contributed by atoms with E-state index in [0.717, 1.165) is 82.0 Å². The zero-order chi connectivity index (χ0) is 19.9. The Morgan fingerprint density at radius 1 is 1.19 bits per heavy atom. The van der Waals surface area contributed by atoms with Crippen molar-refractivity contribution in [1.29, 1.82) is 0 Å². The molecule has 0 saturated carbocycles. The van der Waals surface area contributed by atoms with E-state index in [0.29, 0.717) is 5.92 Å². The summed E-state index contributed by atoms with van der Waals surface area (Å²) in [6.07, 6.45) is 6.07. The second kappa shape index (κ2) is 14.7. The quantitative estimate of drug-likeness (QED) is 0.217. The Morgan fingerprint density at radius 2 is 2.00 bits per heavy atom. The van der Waals surface area contributed by atoms with Crippen LogP contribution in [-0.2, 0) is 17.7 Å². The molecule has 0 amide bonds. The van der Waals surface area contributed by atoms with Crippen molar-refractivity contribution in [3.05, 3.63) is 5.82 Å². The molecule has 0 aromatic carbocycles. The Kier molecular flexibility index (Phi) is 13.0. The second-order valence-electron chi connectivity index (χ2n) is 6.80. The van der Waals surface area contributed by atoms with Crippen LogP contribution >= 0.6 is 11.8 Å². The monoisotopic (exact) mass is 398 g/mol. The highest BCUT2D eigenvalue weighted by Crippen LogP contribution is 2.16. The predicted octanol–water partition coefficient (Wildman–Crippen LogP) is 2.96. The molecular weight excluding hydrogens is 360 g/mol. The SMILES string of the molecule is CCNC(=NCCCc1nnc(SC)n1CC(C)C)NCCCCOCC. The third-order valence-electron chi connectivity index (χ3n) is 3.91. The number of aromatic nitrogens is 3. The molecule has 1 heterocycles. The van der Waals surface area contributed by atoms with Gasteiger partial charge in [-0.3, -0.25) is 4.99 Å². The molecule has 156 valence electrons. The number of thioether (sulfide) groups is 1. The summed E-state index contributed by atoms with van der Waals surface area (Å²) < 4.78 is 7.62. The van der Waals surface area contributed by atoms with Crippen molar-refractivity contribution in [2.24, 2.45) is 10.9 Å². The van der Waals surface area contributed by atoms with Crippen LogP contribution in [0.3, 0.4) is 0 Å². The highest BCUT2D eigenvalue weighted by molar-refractivity contribution is 7.98. The average Bonchev–Trinajstić information content (AvgIpc) is 3.02. The molecule has 27 heavy (non-hydrogen) atoms. The predicted molar refractivity (Wildman–Crippen MR) is 115 cm³/mol. The van der Waals surface area contributed by atoms with Crippen LogP contribution in [0, 0.1) is 5.92 Å². The number of unbranched alkanes of at least 4 members (excludes halogenated alkanes) is 1. The molecule has 0 saturated heterocycles. The van der Waals surface area contributed by atoms with Crippen LogP contribution < -0.4 is 10.6 Å². The number of nitrogens with one attached hydrogen (secondary N) is 2. The van der Waals surface area contributed by atoms with E-state index < -0.39 is 0 Å². The second-order valence-corrected chi connectivity index (χ2v) is 7.58. The van der Waals surface area contributed by atoms with Crippen LogP contribution in [0.5, 0.6) is 0 Å². The van der Waals surface area contributed by atoms with Crippen LogP contribution in [0.15, 0.2) is 10.1 Å². The van der Waals surface area contributed by atoms with Gasteiger partial charge in [-0.15, -0.1) is 10.2 Å². The maximum absolute atomic E-state index is 5.36. The van der Waals surface area contributed by atoms with E-state index >= 15 is 0 Å². The molecule has 0 aliphatic rings. The molecule has 2 N–H and O–H groups in total. The molecule has 0 aliphatic heterocycles. The lowest BCUT2D eigenvalue weighted by atomic mass is 10.2. The Bertz CT molecular complexity index is 532. The van der Waals surface area contributed by atoms with Crippen molar-refractivity contribution in [3.8, 4) is 0 Å². The number of guanidine groups is 1. The van der Waals surface area contributed by atoms with E-state index in [-0.39, 0.29) is 0 Å². The summed E-state index contributed by atoms with van der Waals surface area (Å²) >= 11 is 1.66. The number of aliphatic imine (C=N–C) groups is 1. The van der Waals surface area contributed by atoms with Crippen molar-refractivity contribution in [2.45, 2.75) is 65.1 Å². The fourth-order valence-corrected chi connectivity index (χ4v) is 3.18. The lowest BCUT2D eigenvalue weighted by Gasteiger charge is -2.12. The maximum atomic E-state index is 5.36. The molecule has 0 spiro atoms. The number of ether oxygens (including phenoxy) is 1. The smallest absolute Gasteiger partial charge is 0.191 e. The van der Waals surface area contributed by atoms with E-state index in [1.165, 1.54) is 0 Å². The first-order chi connectivity index (χ1) is 13.1. The number of hydrogen-bond donors (Lipinski definition) is 2. The van der Waals surface area contributed by atoms with E-state index in [2.05, 4.69) is 57.4 Å². The van der Waals surface area contributed by atoms with Crippen molar-refractivity contribution in [2.75, 3.05) is 39.1 Å². The standard InChI is InChI=1S/C19H38N6OS/c1-6-20-18(21-12-8-9-14-26-7-2)22-13-10-11-17-23-24-19(27-5)25(17)15-16(3)4/h16H,6-15H2,1-5H3,(H2,20,21,22). The largest absolute Gasteiger partial charge is 0.382 e. The highest BCUT2D eigenvalue weighted by atomic mass is 32.2. The van der Waals surface area contributed by atoms with Gasteiger partial charge in [-0.1, -0.05) is 25.6 Å². The Hall–Kier alpha value is -1.28. The van der Waals surface area contributed by atoms with Gasteiger partial charge in [0.15, 0.2) is 11.1 Å². The molecular formula is C19H38N6OS. The molecule has 1 aromatic rings. The normalized spacial score (nSPS) is 12.0. The average molecular weight is 399 g/mol. The number of nitrogens with zero attached hydrogens (tertiary/aromatic N) is 4. The number of rotatable bonds is 14. The Labute approximate surface area is 169 Å². The van der Waals surface area contributed by atoms with E-state index in [1.54, 1.807) is 11.8 Å².